The lowest BCUT2D eigenvalue weighted by atomic mass is 10.1. The minimum atomic E-state index is -0.0135. The van der Waals surface area contributed by atoms with Crippen molar-refractivity contribution in [2.75, 3.05) is 5.73 Å². The third-order valence-corrected chi connectivity index (χ3v) is 3.65. The highest BCUT2D eigenvalue weighted by atomic mass is 16.2. The van der Waals surface area contributed by atoms with E-state index in [9.17, 15) is 4.79 Å². The van der Waals surface area contributed by atoms with Crippen molar-refractivity contribution in [2.24, 2.45) is 0 Å². The number of nitrogen functional groups attached to an aromatic ring is 1. The molecule has 3 rings (SSSR count). The van der Waals surface area contributed by atoms with E-state index < -0.39 is 0 Å². The van der Waals surface area contributed by atoms with Gasteiger partial charge in [-0.3, -0.25) is 14.8 Å². The number of hydrogen-bond acceptors (Lipinski definition) is 4. The first-order valence-electron chi connectivity index (χ1n) is 7.08. The van der Waals surface area contributed by atoms with Gasteiger partial charge < -0.3 is 10.6 Å². The Kier molecular flexibility index (Phi) is 3.56. The van der Waals surface area contributed by atoms with Crippen LogP contribution in [0.5, 0.6) is 0 Å². The average molecular weight is 282 g/mol. The highest BCUT2D eigenvalue weighted by Crippen LogP contribution is 2.30. The summed E-state index contributed by atoms with van der Waals surface area (Å²) in [6, 6.07) is 7.76. The Labute approximate surface area is 123 Å². The molecule has 1 fully saturated rings. The van der Waals surface area contributed by atoms with Gasteiger partial charge in [0.05, 0.1) is 35.4 Å². The Morgan fingerprint density at radius 1 is 1.38 bits per heavy atom. The highest BCUT2D eigenvalue weighted by Gasteiger charge is 2.34. The number of anilines is 1. The number of carbonyl (C=O) groups is 1. The number of carbonyl (C=O) groups excluding carboxylic acids is 1. The van der Waals surface area contributed by atoms with E-state index >= 15 is 0 Å². The van der Waals surface area contributed by atoms with Crippen molar-refractivity contribution in [3.63, 3.8) is 0 Å². The maximum atomic E-state index is 12.8. The molecule has 0 radical (unpaired) electrons. The zero-order valence-electron chi connectivity index (χ0n) is 12.0. The minimum absolute atomic E-state index is 0.0135. The summed E-state index contributed by atoms with van der Waals surface area (Å²) in [5.74, 6) is -0.0135. The maximum Gasteiger partial charge on any atom is 0.256 e. The molecule has 1 saturated carbocycles. The van der Waals surface area contributed by atoms with E-state index in [1.807, 2.05) is 30.0 Å². The smallest absolute Gasteiger partial charge is 0.256 e. The molecule has 0 bridgehead atoms. The standard InChI is InChI=1S/C16H18N4O/c1-11-15(8-12(17)9-19-11)16(21)20(14-5-6-14)10-13-4-2-3-7-18-13/h2-4,7-9,14H,5-6,10,17H2,1H3. The molecule has 1 amide bonds. The van der Waals surface area contributed by atoms with E-state index in [4.69, 9.17) is 5.73 Å². The van der Waals surface area contributed by atoms with Crippen LogP contribution in [0.3, 0.4) is 0 Å². The summed E-state index contributed by atoms with van der Waals surface area (Å²) in [7, 11) is 0. The number of pyridine rings is 2. The Hall–Kier alpha value is -2.43. The molecule has 2 N–H and O–H groups in total. The molecule has 0 atom stereocenters. The second-order valence-corrected chi connectivity index (χ2v) is 5.39. The lowest BCUT2D eigenvalue weighted by Crippen LogP contribution is -2.33. The number of hydrogen-bond donors (Lipinski definition) is 1. The molecule has 2 heterocycles. The van der Waals surface area contributed by atoms with Crippen molar-refractivity contribution in [1.82, 2.24) is 14.9 Å². The van der Waals surface area contributed by atoms with Gasteiger partial charge >= 0.3 is 0 Å². The molecule has 5 heteroatoms. The van der Waals surface area contributed by atoms with E-state index in [-0.39, 0.29) is 5.91 Å². The Morgan fingerprint density at radius 2 is 2.19 bits per heavy atom. The number of nitrogens with two attached hydrogens (primary N) is 1. The molecule has 0 aromatic carbocycles. The number of rotatable bonds is 4. The van der Waals surface area contributed by atoms with Crippen LogP contribution in [0.15, 0.2) is 36.7 Å². The van der Waals surface area contributed by atoms with Gasteiger partial charge in [-0.15, -0.1) is 0 Å². The summed E-state index contributed by atoms with van der Waals surface area (Å²) in [6.07, 6.45) is 5.42. The first kappa shape index (κ1) is 13.5. The molecule has 0 saturated heterocycles. The molecule has 5 nitrogen and oxygen atoms in total. The van der Waals surface area contributed by atoms with Gasteiger partial charge in [-0.05, 0) is 38.0 Å². The summed E-state index contributed by atoms with van der Waals surface area (Å²) < 4.78 is 0. The molecule has 2 aromatic heterocycles. The van der Waals surface area contributed by atoms with E-state index in [0.717, 1.165) is 18.5 Å². The summed E-state index contributed by atoms with van der Waals surface area (Å²) in [4.78, 5) is 23.2. The first-order chi connectivity index (χ1) is 10.1. The molecule has 21 heavy (non-hydrogen) atoms. The van der Waals surface area contributed by atoms with E-state index in [1.165, 1.54) is 0 Å². The van der Waals surface area contributed by atoms with Crippen LogP contribution in [0.25, 0.3) is 0 Å². The molecule has 0 unspecified atom stereocenters. The fourth-order valence-electron chi connectivity index (χ4n) is 2.34. The van der Waals surface area contributed by atoms with Crippen molar-refractivity contribution in [1.29, 1.82) is 0 Å². The number of aromatic nitrogens is 2. The minimum Gasteiger partial charge on any atom is -0.397 e. The normalized spacial score (nSPS) is 14.0. The lowest BCUT2D eigenvalue weighted by Gasteiger charge is -2.23. The fraction of sp³-hybridized carbons (Fsp3) is 0.312. The third kappa shape index (κ3) is 3.02. The summed E-state index contributed by atoms with van der Waals surface area (Å²) in [5.41, 5.74) is 8.46. The first-order valence-corrected chi connectivity index (χ1v) is 7.08. The third-order valence-electron chi connectivity index (χ3n) is 3.65. The molecule has 0 spiro atoms. The van der Waals surface area contributed by atoms with Crippen LogP contribution in [0.2, 0.25) is 0 Å². The van der Waals surface area contributed by atoms with Gasteiger partial charge in [-0.2, -0.15) is 0 Å². The lowest BCUT2D eigenvalue weighted by molar-refractivity contribution is 0.0726. The Bertz CT molecular complexity index is 653. The van der Waals surface area contributed by atoms with Gasteiger partial charge in [-0.1, -0.05) is 6.07 Å². The van der Waals surface area contributed by atoms with Gasteiger partial charge in [0, 0.05) is 12.2 Å². The zero-order valence-corrected chi connectivity index (χ0v) is 12.0. The quantitative estimate of drug-likeness (QED) is 0.932. The van der Waals surface area contributed by atoms with Gasteiger partial charge in [-0.25, -0.2) is 0 Å². The fourth-order valence-corrected chi connectivity index (χ4v) is 2.34. The highest BCUT2D eigenvalue weighted by molar-refractivity contribution is 5.96. The van der Waals surface area contributed by atoms with Crippen molar-refractivity contribution in [2.45, 2.75) is 32.4 Å². The van der Waals surface area contributed by atoms with Crippen LogP contribution in [0, 0.1) is 6.92 Å². The average Bonchev–Trinajstić information content (AvgIpc) is 3.32. The van der Waals surface area contributed by atoms with Crippen LogP contribution >= 0.6 is 0 Å². The molecule has 1 aliphatic carbocycles. The van der Waals surface area contributed by atoms with Gasteiger partial charge in [0.1, 0.15) is 0 Å². The largest absolute Gasteiger partial charge is 0.397 e. The molecule has 0 aliphatic heterocycles. The topological polar surface area (TPSA) is 72.1 Å². The molecular formula is C16H18N4O. The van der Waals surface area contributed by atoms with Crippen molar-refractivity contribution >= 4 is 11.6 Å². The molecular weight excluding hydrogens is 264 g/mol. The predicted octanol–water partition coefficient (Wildman–Crippen LogP) is 2.17. The van der Waals surface area contributed by atoms with Gasteiger partial charge in [0.25, 0.3) is 5.91 Å². The van der Waals surface area contributed by atoms with Crippen molar-refractivity contribution in [3.05, 3.63) is 53.6 Å². The monoisotopic (exact) mass is 282 g/mol. The molecule has 1 aliphatic rings. The zero-order chi connectivity index (χ0) is 14.8. The van der Waals surface area contributed by atoms with Crippen molar-refractivity contribution in [3.8, 4) is 0 Å². The van der Waals surface area contributed by atoms with Gasteiger partial charge in [0.2, 0.25) is 0 Å². The van der Waals surface area contributed by atoms with Crippen LogP contribution in [0.1, 0.15) is 34.6 Å². The second kappa shape index (κ2) is 5.52. The van der Waals surface area contributed by atoms with E-state index in [2.05, 4.69) is 9.97 Å². The van der Waals surface area contributed by atoms with E-state index in [1.54, 1.807) is 18.5 Å². The van der Waals surface area contributed by atoms with E-state index in [0.29, 0.717) is 29.5 Å². The number of amides is 1. The van der Waals surface area contributed by atoms with Crippen molar-refractivity contribution < 1.29 is 4.79 Å². The SMILES string of the molecule is Cc1ncc(N)cc1C(=O)N(Cc1ccccn1)C1CC1. The summed E-state index contributed by atoms with van der Waals surface area (Å²) >= 11 is 0. The van der Waals surface area contributed by atoms with Crippen LogP contribution in [-0.4, -0.2) is 26.8 Å². The summed E-state index contributed by atoms with van der Waals surface area (Å²) in [6.45, 7) is 2.36. The van der Waals surface area contributed by atoms with Crippen LogP contribution in [-0.2, 0) is 6.54 Å². The Morgan fingerprint density at radius 3 is 2.86 bits per heavy atom. The number of nitrogens with zero attached hydrogens (tertiary/aromatic N) is 3. The molecule has 2 aromatic rings. The molecule has 108 valence electrons. The summed E-state index contributed by atoms with van der Waals surface area (Å²) in [5, 5.41) is 0. The maximum absolute atomic E-state index is 12.8. The van der Waals surface area contributed by atoms with Crippen LogP contribution in [0.4, 0.5) is 5.69 Å². The number of aryl methyl sites for hydroxylation is 1. The van der Waals surface area contributed by atoms with Crippen LogP contribution < -0.4 is 5.73 Å². The predicted molar refractivity (Wildman–Crippen MR) is 80.5 cm³/mol. The van der Waals surface area contributed by atoms with Gasteiger partial charge in [0.15, 0.2) is 0 Å². The Balaban J connectivity index is 1.87. The second-order valence-electron chi connectivity index (χ2n) is 5.39.